The summed E-state index contributed by atoms with van der Waals surface area (Å²) in [6.45, 7) is 11.2. The van der Waals surface area contributed by atoms with E-state index >= 15 is 0 Å². The zero-order chi connectivity index (χ0) is 13.8. The summed E-state index contributed by atoms with van der Waals surface area (Å²) in [4.78, 5) is 2.38. The van der Waals surface area contributed by atoms with Crippen LogP contribution in [0.1, 0.15) is 43.9 Å². The first-order valence-corrected chi connectivity index (χ1v) is 7.37. The van der Waals surface area contributed by atoms with Crippen molar-refractivity contribution in [3.63, 3.8) is 0 Å². The Labute approximate surface area is 118 Å². The molecule has 0 atom stereocenters. The van der Waals surface area contributed by atoms with Gasteiger partial charge in [0.05, 0.1) is 0 Å². The van der Waals surface area contributed by atoms with Gasteiger partial charge in [-0.3, -0.25) is 0 Å². The minimum Gasteiger partial charge on any atom is -0.302 e. The maximum Gasteiger partial charge on any atom is 0.0233 e. The third kappa shape index (κ3) is 4.66. The van der Waals surface area contributed by atoms with Crippen LogP contribution in [-0.4, -0.2) is 24.2 Å². The Kier molecular flexibility index (Phi) is 5.74. The largest absolute Gasteiger partial charge is 0.302 e. The normalized spacial score (nSPS) is 12.2. The molecular formula is C16H27NS. The van der Waals surface area contributed by atoms with Crippen LogP contribution in [0.2, 0.25) is 0 Å². The quantitative estimate of drug-likeness (QED) is 0.786. The predicted molar refractivity (Wildman–Crippen MR) is 84.7 cm³/mol. The molecule has 0 bridgehead atoms. The summed E-state index contributed by atoms with van der Waals surface area (Å²) >= 11 is 4.27. The molecule has 2 heteroatoms. The maximum atomic E-state index is 4.27. The van der Waals surface area contributed by atoms with Gasteiger partial charge in [-0.05, 0) is 54.8 Å². The molecule has 0 N–H and O–H groups in total. The molecule has 0 aromatic heterocycles. The van der Waals surface area contributed by atoms with E-state index in [0.717, 1.165) is 25.3 Å². The first kappa shape index (κ1) is 15.6. The highest BCUT2D eigenvalue weighted by Crippen LogP contribution is 2.25. The molecule has 1 nitrogen and oxygen atoms in total. The third-order valence-electron chi connectivity index (χ3n) is 3.35. The van der Waals surface area contributed by atoms with E-state index in [9.17, 15) is 0 Å². The smallest absolute Gasteiger partial charge is 0.0233 e. The molecule has 0 heterocycles. The van der Waals surface area contributed by atoms with Gasteiger partial charge in [-0.15, -0.1) is 0 Å². The molecule has 0 radical (unpaired) electrons. The Morgan fingerprint density at radius 3 is 2.44 bits per heavy atom. The van der Waals surface area contributed by atoms with E-state index in [1.807, 2.05) is 0 Å². The fourth-order valence-electron chi connectivity index (χ4n) is 2.02. The van der Waals surface area contributed by atoms with Crippen molar-refractivity contribution in [2.45, 2.75) is 46.1 Å². The van der Waals surface area contributed by atoms with Gasteiger partial charge in [-0.1, -0.05) is 39.0 Å². The van der Waals surface area contributed by atoms with Crippen molar-refractivity contribution in [1.29, 1.82) is 0 Å². The SMILES string of the molecule is Cc1ccc(C(C)(C)C)cc1CN(C)CCCS. The van der Waals surface area contributed by atoms with E-state index in [-0.39, 0.29) is 5.41 Å². The lowest BCUT2D eigenvalue weighted by atomic mass is 9.85. The minimum absolute atomic E-state index is 0.228. The Morgan fingerprint density at radius 2 is 1.89 bits per heavy atom. The van der Waals surface area contributed by atoms with E-state index in [2.05, 4.69) is 70.5 Å². The number of hydrogen-bond donors (Lipinski definition) is 1. The number of aryl methyl sites for hydroxylation is 1. The van der Waals surface area contributed by atoms with Gasteiger partial charge >= 0.3 is 0 Å². The van der Waals surface area contributed by atoms with Crippen LogP contribution in [0.25, 0.3) is 0 Å². The molecule has 1 aromatic carbocycles. The second-order valence-corrected chi connectivity index (χ2v) is 6.65. The second kappa shape index (κ2) is 6.63. The number of hydrogen-bond acceptors (Lipinski definition) is 2. The molecule has 0 fully saturated rings. The molecule has 0 saturated carbocycles. The zero-order valence-electron chi connectivity index (χ0n) is 12.5. The molecule has 0 amide bonds. The van der Waals surface area contributed by atoms with Crippen LogP contribution in [-0.2, 0) is 12.0 Å². The molecule has 18 heavy (non-hydrogen) atoms. The minimum atomic E-state index is 0.228. The summed E-state index contributed by atoms with van der Waals surface area (Å²) in [5, 5.41) is 0. The molecule has 1 rings (SSSR count). The van der Waals surface area contributed by atoms with E-state index in [0.29, 0.717) is 0 Å². The number of thiol groups is 1. The molecule has 102 valence electrons. The van der Waals surface area contributed by atoms with Gasteiger partial charge in [-0.25, -0.2) is 0 Å². The topological polar surface area (TPSA) is 3.24 Å². The summed E-state index contributed by atoms with van der Waals surface area (Å²) in [6.07, 6.45) is 1.15. The molecule has 0 aliphatic heterocycles. The van der Waals surface area contributed by atoms with Gasteiger partial charge in [0, 0.05) is 6.54 Å². The van der Waals surface area contributed by atoms with E-state index in [1.165, 1.54) is 16.7 Å². The number of rotatable bonds is 5. The first-order valence-electron chi connectivity index (χ1n) is 6.74. The highest BCUT2D eigenvalue weighted by Gasteiger charge is 2.15. The molecule has 0 aliphatic carbocycles. The molecule has 0 saturated heterocycles. The lowest BCUT2D eigenvalue weighted by Crippen LogP contribution is -2.21. The van der Waals surface area contributed by atoms with Crippen molar-refractivity contribution in [2.75, 3.05) is 19.3 Å². The van der Waals surface area contributed by atoms with Gasteiger partial charge in [0.2, 0.25) is 0 Å². The predicted octanol–water partition coefficient (Wildman–Crippen LogP) is 4.04. The van der Waals surface area contributed by atoms with Crippen LogP contribution in [0.4, 0.5) is 0 Å². The summed E-state index contributed by atoms with van der Waals surface area (Å²) in [5.41, 5.74) is 4.49. The van der Waals surface area contributed by atoms with E-state index in [1.54, 1.807) is 0 Å². The summed E-state index contributed by atoms with van der Waals surface area (Å²) in [5.74, 6) is 0.964. The number of nitrogens with zero attached hydrogens (tertiary/aromatic N) is 1. The second-order valence-electron chi connectivity index (χ2n) is 6.21. The van der Waals surface area contributed by atoms with Gasteiger partial charge in [-0.2, -0.15) is 12.6 Å². The van der Waals surface area contributed by atoms with Crippen LogP contribution >= 0.6 is 12.6 Å². The van der Waals surface area contributed by atoms with Gasteiger partial charge in [0.15, 0.2) is 0 Å². The van der Waals surface area contributed by atoms with Crippen LogP contribution in [0, 0.1) is 6.92 Å². The molecular weight excluding hydrogens is 238 g/mol. The van der Waals surface area contributed by atoms with Crippen molar-refractivity contribution >= 4 is 12.6 Å². The zero-order valence-corrected chi connectivity index (χ0v) is 13.3. The van der Waals surface area contributed by atoms with Crippen LogP contribution in [0.5, 0.6) is 0 Å². The fourth-order valence-corrected chi connectivity index (χ4v) is 2.16. The van der Waals surface area contributed by atoms with Crippen LogP contribution < -0.4 is 0 Å². The standard InChI is InChI=1S/C16H27NS/c1-13-7-8-15(16(2,3)4)11-14(13)12-17(5)9-6-10-18/h7-8,11,18H,6,9-10,12H2,1-5H3. The first-order chi connectivity index (χ1) is 8.34. The van der Waals surface area contributed by atoms with Crippen LogP contribution in [0.3, 0.4) is 0 Å². The lowest BCUT2D eigenvalue weighted by molar-refractivity contribution is 0.327. The Hall–Kier alpha value is -0.470. The van der Waals surface area contributed by atoms with Gasteiger partial charge < -0.3 is 4.90 Å². The molecule has 0 spiro atoms. The summed E-state index contributed by atoms with van der Waals surface area (Å²) in [6, 6.07) is 6.88. The van der Waals surface area contributed by atoms with Crippen molar-refractivity contribution in [3.05, 3.63) is 34.9 Å². The number of benzene rings is 1. The Bertz CT molecular complexity index is 379. The summed E-state index contributed by atoms with van der Waals surface area (Å²) < 4.78 is 0. The molecule has 0 unspecified atom stereocenters. The lowest BCUT2D eigenvalue weighted by Gasteiger charge is -2.23. The Morgan fingerprint density at radius 1 is 1.22 bits per heavy atom. The van der Waals surface area contributed by atoms with Crippen molar-refractivity contribution in [3.8, 4) is 0 Å². The Balaban J connectivity index is 2.81. The van der Waals surface area contributed by atoms with Crippen molar-refractivity contribution < 1.29 is 0 Å². The van der Waals surface area contributed by atoms with E-state index < -0.39 is 0 Å². The highest BCUT2D eigenvalue weighted by molar-refractivity contribution is 7.80. The molecule has 1 aromatic rings. The molecule has 0 aliphatic rings. The van der Waals surface area contributed by atoms with Gasteiger partial charge in [0.1, 0.15) is 0 Å². The van der Waals surface area contributed by atoms with Crippen molar-refractivity contribution in [1.82, 2.24) is 4.90 Å². The highest BCUT2D eigenvalue weighted by atomic mass is 32.1. The van der Waals surface area contributed by atoms with Gasteiger partial charge in [0.25, 0.3) is 0 Å². The summed E-state index contributed by atoms with van der Waals surface area (Å²) in [7, 11) is 2.19. The third-order valence-corrected chi connectivity index (χ3v) is 3.67. The maximum absolute atomic E-state index is 4.27. The van der Waals surface area contributed by atoms with E-state index in [4.69, 9.17) is 0 Å². The average molecular weight is 265 g/mol. The van der Waals surface area contributed by atoms with Crippen LogP contribution in [0.15, 0.2) is 18.2 Å². The average Bonchev–Trinajstić information content (AvgIpc) is 2.28. The monoisotopic (exact) mass is 265 g/mol. The van der Waals surface area contributed by atoms with Crippen molar-refractivity contribution in [2.24, 2.45) is 0 Å². The fraction of sp³-hybridized carbons (Fsp3) is 0.625.